The third kappa shape index (κ3) is 2.55. The Labute approximate surface area is 147 Å². The number of benzene rings is 3. The van der Waals surface area contributed by atoms with Crippen molar-refractivity contribution in [3.05, 3.63) is 94.0 Å². The third-order valence-corrected chi connectivity index (χ3v) is 4.43. The average molecular weight is 378 g/mol. The fraction of sp³-hybridized carbons (Fsp3) is 0. The SMILES string of the molecule is O=C(ON=C1c2ccccc2-c2ccccc21)c1cccc(Br)c1. The molecule has 0 unspecified atom stereocenters. The van der Waals surface area contributed by atoms with Gasteiger partial charge in [0, 0.05) is 15.6 Å². The molecule has 1 aliphatic carbocycles. The molecule has 0 atom stereocenters. The number of hydrogen-bond acceptors (Lipinski definition) is 3. The van der Waals surface area contributed by atoms with E-state index >= 15 is 0 Å². The van der Waals surface area contributed by atoms with Gasteiger partial charge in [0.2, 0.25) is 0 Å². The van der Waals surface area contributed by atoms with Crippen molar-refractivity contribution in [2.45, 2.75) is 0 Å². The Morgan fingerprint density at radius 3 is 1.96 bits per heavy atom. The van der Waals surface area contributed by atoms with Crippen LogP contribution >= 0.6 is 15.9 Å². The van der Waals surface area contributed by atoms with Crippen LogP contribution in [0.25, 0.3) is 11.1 Å². The summed E-state index contributed by atoms with van der Waals surface area (Å²) in [6, 6.07) is 23.0. The zero-order valence-corrected chi connectivity index (χ0v) is 14.2. The van der Waals surface area contributed by atoms with Gasteiger partial charge in [0.15, 0.2) is 0 Å². The van der Waals surface area contributed by atoms with E-state index in [1.807, 2.05) is 54.6 Å². The van der Waals surface area contributed by atoms with Crippen molar-refractivity contribution in [3.63, 3.8) is 0 Å². The van der Waals surface area contributed by atoms with Crippen LogP contribution in [0.2, 0.25) is 0 Å². The van der Waals surface area contributed by atoms with Crippen LogP contribution in [0.3, 0.4) is 0 Å². The predicted octanol–water partition coefficient (Wildman–Crippen LogP) is 5.04. The van der Waals surface area contributed by atoms with Crippen LogP contribution in [0.1, 0.15) is 21.5 Å². The number of fused-ring (bicyclic) bond motifs is 3. The minimum atomic E-state index is -0.481. The Kier molecular flexibility index (Phi) is 3.75. The van der Waals surface area contributed by atoms with Gasteiger partial charge in [-0.25, -0.2) is 4.79 Å². The molecule has 0 aromatic heterocycles. The Morgan fingerprint density at radius 2 is 1.38 bits per heavy atom. The number of nitrogens with zero attached hydrogens (tertiary/aromatic N) is 1. The summed E-state index contributed by atoms with van der Waals surface area (Å²) >= 11 is 3.35. The highest BCUT2D eigenvalue weighted by molar-refractivity contribution is 9.10. The van der Waals surface area contributed by atoms with Crippen LogP contribution in [0, 0.1) is 0 Å². The summed E-state index contributed by atoms with van der Waals surface area (Å²) in [5.74, 6) is -0.481. The largest absolute Gasteiger partial charge is 0.365 e. The molecule has 0 fully saturated rings. The lowest BCUT2D eigenvalue weighted by molar-refractivity contribution is 0.0517. The average Bonchev–Trinajstić information content (AvgIpc) is 2.94. The fourth-order valence-corrected chi connectivity index (χ4v) is 3.25. The molecule has 0 bridgehead atoms. The van der Waals surface area contributed by atoms with Gasteiger partial charge in [0.05, 0.1) is 5.56 Å². The maximum atomic E-state index is 12.2. The van der Waals surface area contributed by atoms with Crippen LogP contribution < -0.4 is 0 Å². The second-order valence-electron chi connectivity index (χ2n) is 5.42. The predicted molar refractivity (Wildman–Crippen MR) is 97.1 cm³/mol. The Morgan fingerprint density at radius 1 is 0.792 bits per heavy atom. The summed E-state index contributed by atoms with van der Waals surface area (Å²) in [4.78, 5) is 17.4. The topological polar surface area (TPSA) is 38.7 Å². The highest BCUT2D eigenvalue weighted by Gasteiger charge is 2.25. The van der Waals surface area contributed by atoms with Gasteiger partial charge >= 0.3 is 5.97 Å². The molecular weight excluding hydrogens is 366 g/mol. The molecule has 0 N–H and O–H groups in total. The molecule has 24 heavy (non-hydrogen) atoms. The summed E-state index contributed by atoms with van der Waals surface area (Å²) in [5.41, 5.74) is 5.29. The molecule has 3 aromatic carbocycles. The molecule has 0 saturated heterocycles. The first-order valence-electron chi connectivity index (χ1n) is 7.48. The molecule has 4 rings (SSSR count). The molecule has 0 radical (unpaired) electrons. The number of halogens is 1. The molecule has 116 valence electrons. The number of carbonyl (C=O) groups is 1. The highest BCUT2D eigenvalue weighted by Crippen LogP contribution is 2.36. The van der Waals surface area contributed by atoms with Gasteiger partial charge in [-0.1, -0.05) is 75.7 Å². The molecule has 4 heteroatoms. The van der Waals surface area contributed by atoms with Crippen molar-refractivity contribution >= 4 is 27.6 Å². The first-order valence-corrected chi connectivity index (χ1v) is 8.27. The van der Waals surface area contributed by atoms with E-state index in [9.17, 15) is 4.79 Å². The molecule has 0 aliphatic heterocycles. The number of oxime groups is 1. The van der Waals surface area contributed by atoms with Gasteiger partial charge in [0.25, 0.3) is 0 Å². The van der Waals surface area contributed by atoms with E-state index < -0.39 is 5.97 Å². The van der Waals surface area contributed by atoms with Crippen LogP contribution in [0.15, 0.2) is 82.4 Å². The summed E-state index contributed by atoms with van der Waals surface area (Å²) < 4.78 is 0.821. The highest BCUT2D eigenvalue weighted by atomic mass is 79.9. The number of carbonyl (C=O) groups excluding carboxylic acids is 1. The van der Waals surface area contributed by atoms with Gasteiger partial charge in [-0.3, -0.25) is 0 Å². The lowest BCUT2D eigenvalue weighted by Crippen LogP contribution is -2.05. The molecule has 0 amide bonds. The van der Waals surface area contributed by atoms with Gasteiger partial charge in [0.1, 0.15) is 5.71 Å². The molecule has 3 nitrogen and oxygen atoms in total. The second kappa shape index (κ2) is 6.06. The van der Waals surface area contributed by atoms with E-state index in [4.69, 9.17) is 4.84 Å². The molecular formula is C20H12BrNO2. The summed E-state index contributed by atoms with van der Waals surface area (Å²) in [6.07, 6.45) is 0. The van der Waals surface area contributed by atoms with Crippen molar-refractivity contribution in [1.29, 1.82) is 0 Å². The zero-order chi connectivity index (χ0) is 16.5. The Balaban J connectivity index is 1.71. The monoisotopic (exact) mass is 377 g/mol. The first-order chi connectivity index (χ1) is 11.7. The van der Waals surface area contributed by atoms with Crippen LogP contribution in [0.4, 0.5) is 0 Å². The van der Waals surface area contributed by atoms with E-state index in [0.717, 1.165) is 26.7 Å². The minimum absolute atomic E-state index is 0.452. The normalized spacial score (nSPS) is 11.6. The number of hydrogen-bond donors (Lipinski definition) is 0. The van der Waals surface area contributed by atoms with Crippen molar-refractivity contribution in [1.82, 2.24) is 0 Å². The minimum Gasteiger partial charge on any atom is -0.312 e. The second-order valence-corrected chi connectivity index (χ2v) is 6.34. The van der Waals surface area contributed by atoms with Gasteiger partial charge in [-0.2, -0.15) is 0 Å². The third-order valence-electron chi connectivity index (χ3n) is 3.93. The van der Waals surface area contributed by atoms with Crippen LogP contribution in [-0.4, -0.2) is 11.7 Å². The number of rotatable bonds is 2. The van der Waals surface area contributed by atoms with E-state index in [1.165, 1.54) is 0 Å². The summed E-state index contributed by atoms with van der Waals surface area (Å²) in [6.45, 7) is 0. The van der Waals surface area contributed by atoms with Crippen molar-refractivity contribution in [2.75, 3.05) is 0 Å². The van der Waals surface area contributed by atoms with E-state index in [0.29, 0.717) is 11.3 Å². The summed E-state index contributed by atoms with van der Waals surface area (Å²) in [5, 5.41) is 4.16. The maximum absolute atomic E-state index is 12.2. The molecule has 3 aromatic rings. The molecule has 0 spiro atoms. The van der Waals surface area contributed by atoms with Gasteiger partial charge < -0.3 is 4.84 Å². The van der Waals surface area contributed by atoms with Gasteiger partial charge in [-0.15, -0.1) is 0 Å². The lowest BCUT2D eigenvalue weighted by Gasteiger charge is -2.02. The molecule has 0 saturated carbocycles. The van der Waals surface area contributed by atoms with Crippen molar-refractivity contribution in [2.24, 2.45) is 5.16 Å². The fourth-order valence-electron chi connectivity index (χ4n) is 2.85. The Hall–Kier alpha value is -2.72. The van der Waals surface area contributed by atoms with E-state index in [-0.39, 0.29) is 0 Å². The van der Waals surface area contributed by atoms with Crippen LogP contribution in [0.5, 0.6) is 0 Å². The van der Waals surface area contributed by atoms with Crippen molar-refractivity contribution in [3.8, 4) is 11.1 Å². The zero-order valence-electron chi connectivity index (χ0n) is 12.6. The Bertz CT molecular complexity index is 931. The summed E-state index contributed by atoms with van der Waals surface area (Å²) in [7, 11) is 0. The molecule has 0 heterocycles. The van der Waals surface area contributed by atoms with Crippen LogP contribution in [-0.2, 0) is 4.84 Å². The maximum Gasteiger partial charge on any atom is 0.365 e. The van der Waals surface area contributed by atoms with Gasteiger partial charge in [-0.05, 0) is 29.3 Å². The standard InChI is InChI=1S/C20H12BrNO2/c21-14-7-5-6-13(12-14)20(23)24-22-19-17-10-3-1-8-15(17)16-9-2-4-11-18(16)19/h1-12H. The quantitative estimate of drug-likeness (QED) is 0.362. The first kappa shape index (κ1) is 14.8. The van der Waals surface area contributed by atoms with E-state index in [2.05, 4.69) is 21.1 Å². The smallest absolute Gasteiger partial charge is 0.312 e. The van der Waals surface area contributed by atoms with E-state index in [1.54, 1.807) is 18.2 Å². The molecule has 1 aliphatic rings. The lowest BCUT2D eigenvalue weighted by atomic mass is 10.1. The van der Waals surface area contributed by atoms with Crippen molar-refractivity contribution < 1.29 is 9.63 Å².